The maximum Gasteiger partial charge on any atom is 0.415 e. The average molecular weight is 509 g/mol. The molecule has 194 valence electrons. The lowest BCUT2D eigenvalue weighted by Crippen LogP contribution is -2.40. The number of nitrogens with zero attached hydrogens (tertiary/aromatic N) is 5. The number of amides is 1. The highest BCUT2D eigenvalue weighted by atomic mass is 19.1. The highest BCUT2D eigenvalue weighted by Gasteiger charge is 2.48. The number of ether oxygens (including phenoxy) is 2. The van der Waals surface area contributed by atoms with Gasteiger partial charge in [0, 0.05) is 36.5 Å². The molecule has 4 heterocycles. The van der Waals surface area contributed by atoms with Crippen molar-refractivity contribution in [2.75, 3.05) is 18.6 Å². The topological polar surface area (TPSA) is 123 Å². The summed E-state index contributed by atoms with van der Waals surface area (Å²) < 4.78 is 26.0. The van der Waals surface area contributed by atoms with E-state index in [1.807, 2.05) is 26.8 Å². The van der Waals surface area contributed by atoms with Gasteiger partial charge in [0.15, 0.2) is 6.10 Å². The molecule has 37 heavy (non-hydrogen) atoms. The van der Waals surface area contributed by atoms with Gasteiger partial charge in [0.2, 0.25) is 0 Å². The highest BCUT2D eigenvalue weighted by molar-refractivity contribution is 6.08. The van der Waals surface area contributed by atoms with Crippen molar-refractivity contribution in [3.05, 3.63) is 47.5 Å². The number of esters is 1. The van der Waals surface area contributed by atoms with E-state index < -0.39 is 36.1 Å². The fourth-order valence-corrected chi connectivity index (χ4v) is 4.71. The van der Waals surface area contributed by atoms with Crippen LogP contribution in [0.4, 0.5) is 14.9 Å². The van der Waals surface area contributed by atoms with Gasteiger partial charge in [-0.05, 0) is 36.1 Å². The zero-order valence-corrected chi connectivity index (χ0v) is 21.1. The number of hydrogen-bond donors (Lipinski definition) is 1. The van der Waals surface area contributed by atoms with Gasteiger partial charge < -0.3 is 15.2 Å². The van der Waals surface area contributed by atoms with Crippen molar-refractivity contribution >= 4 is 29.7 Å². The van der Waals surface area contributed by atoms with Crippen molar-refractivity contribution in [1.29, 1.82) is 0 Å². The molecule has 4 unspecified atom stereocenters. The van der Waals surface area contributed by atoms with E-state index in [1.54, 1.807) is 31.6 Å². The fraction of sp³-hybridized carbons (Fsp3) is 0.423. The molecule has 2 N–H and O–H groups in total. The molecule has 0 bridgehead atoms. The number of fused-ring (bicyclic) bond motifs is 3. The van der Waals surface area contributed by atoms with Gasteiger partial charge in [-0.25, -0.2) is 9.18 Å². The summed E-state index contributed by atoms with van der Waals surface area (Å²) in [5.41, 5.74) is 9.57. The second-order valence-corrected chi connectivity index (χ2v) is 9.88. The molecule has 4 atom stereocenters. The van der Waals surface area contributed by atoms with Crippen molar-refractivity contribution in [1.82, 2.24) is 10.1 Å². The Labute approximate surface area is 213 Å². The molecule has 1 aromatic heterocycles. The Morgan fingerprint density at radius 2 is 2.11 bits per heavy atom. The summed E-state index contributed by atoms with van der Waals surface area (Å²) in [4.78, 5) is 30.7. The van der Waals surface area contributed by atoms with Crippen molar-refractivity contribution in [2.24, 2.45) is 27.8 Å². The molecule has 0 saturated carbocycles. The number of halogens is 1. The number of anilines is 1. The second kappa shape index (κ2) is 9.55. The Hall–Kier alpha value is -3.86. The molecule has 3 aliphatic rings. The maximum atomic E-state index is 15.3. The lowest BCUT2D eigenvalue weighted by molar-refractivity contribution is -0.149. The Kier molecular flexibility index (Phi) is 6.40. The third-order valence-corrected chi connectivity index (χ3v) is 6.92. The van der Waals surface area contributed by atoms with Crippen molar-refractivity contribution in [3.63, 3.8) is 0 Å². The summed E-state index contributed by atoms with van der Waals surface area (Å²) in [5, 5.41) is 10.0. The van der Waals surface area contributed by atoms with Gasteiger partial charge in [0.1, 0.15) is 18.5 Å². The summed E-state index contributed by atoms with van der Waals surface area (Å²) in [6.07, 6.45) is 2.59. The van der Waals surface area contributed by atoms with Crippen molar-refractivity contribution < 1.29 is 23.5 Å². The molecule has 5 rings (SSSR count). The molecule has 2 aromatic rings. The zero-order valence-electron chi connectivity index (χ0n) is 21.1. The molecule has 0 aliphatic carbocycles. The Morgan fingerprint density at radius 1 is 1.32 bits per heavy atom. The molecule has 1 amide bonds. The lowest BCUT2D eigenvalue weighted by atomic mass is 9.99. The summed E-state index contributed by atoms with van der Waals surface area (Å²) >= 11 is 0. The number of rotatable bonds is 6. The summed E-state index contributed by atoms with van der Waals surface area (Å²) in [6.45, 7) is 5.52. The van der Waals surface area contributed by atoms with Crippen LogP contribution in [-0.2, 0) is 20.7 Å². The molecular formula is C26H29FN6O4. The summed E-state index contributed by atoms with van der Waals surface area (Å²) in [6, 6.07) is 5.55. The van der Waals surface area contributed by atoms with E-state index in [0.29, 0.717) is 28.9 Å². The van der Waals surface area contributed by atoms with Gasteiger partial charge >= 0.3 is 12.1 Å². The number of carbonyl (C=O) groups is 2. The Bertz CT molecular complexity index is 1290. The molecule has 1 saturated heterocycles. The second-order valence-electron chi connectivity index (χ2n) is 9.88. The first-order valence-electron chi connectivity index (χ1n) is 12.2. The predicted molar refractivity (Wildman–Crippen MR) is 136 cm³/mol. The van der Waals surface area contributed by atoms with E-state index in [0.717, 1.165) is 11.3 Å². The summed E-state index contributed by atoms with van der Waals surface area (Å²) in [5.74, 6) is -1.09. The van der Waals surface area contributed by atoms with Crippen LogP contribution in [0.2, 0.25) is 0 Å². The van der Waals surface area contributed by atoms with Crippen molar-refractivity contribution in [2.45, 2.75) is 45.4 Å². The minimum absolute atomic E-state index is 0.00725. The van der Waals surface area contributed by atoms with E-state index in [2.05, 4.69) is 15.2 Å². The summed E-state index contributed by atoms with van der Waals surface area (Å²) in [7, 11) is 1.74. The van der Waals surface area contributed by atoms with Crippen LogP contribution in [0.25, 0.3) is 11.1 Å². The van der Waals surface area contributed by atoms with Crippen LogP contribution >= 0.6 is 0 Å². The van der Waals surface area contributed by atoms with Gasteiger partial charge in [0.25, 0.3) is 0 Å². The van der Waals surface area contributed by atoms with Gasteiger partial charge in [0.05, 0.1) is 23.1 Å². The predicted octanol–water partition coefficient (Wildman–Crippen LogP) is 2.94. The van der Waals surface area contributed by atoms with Crippen LogP contribution in [0.5, 0.6) is 0 Å². The standard InChI is InChI=1S/C26H29FN6O4/c1-13(2)23(28)25(34)36-12-22-21-8-16-7-17(18(27)9-20(16)33(21)26(35)37-22)15-5-6-19(29-11-15)24-14(3)10-30-32(4)31-24/h5-7,9-11,13-14,21-23H,8,12,28H2,1-4H3. The quantitative estimate of drug-likeness (QED) is 0.595. The van der Waals surface area contributed by atoms with E-state index >= 15 is 4.39 Å². The molecule has 1 fully saturated rings. The Morgan fingerprint density at radius 3 is 2.81 bits per heavy atom. The number of cyclic esters (lactones) is 1. The van der Waals surface area contributed by atoms with Crippen LogP contribution in [0.15, 0.2) is 40.7 Å². The van der Waals surface area contributed by atoms with E-state index in [-0.39, 0.29) is 18.4 Å². The zero-order chi connectivity index (χ0) is 26.4. The molecular weight excluding hydrogens is 479 g/mol. The van der Waals surface area contributed by atoms with Gasteiger partial charge in [-0.1, -0.05) is 26.8 Å². The first-order chi connectivity index (χ1) is 17.6. The van der Waals surface area contributed by atoms with Crippen molar-refractivity contribution in [3.8, 4) is 11.1 Å². The molecule has 11 heteroatoms. The Balaban J connectivity index is 1.35. The first-order valence-corrected chi connectivity index (χ1v) is 12.2. The number of pyridine rings is 1. The highest BCUT2D eigenvalue weighted by Crippen LogP contribution is 2.41. The number of nitrogens with two attached hydrogens (primary N) is 1. The van der Waals surface area contributed by atoms with E-state index in [1.165, 1.54) is 16.1 Å². The number of benzene rings is 1. The smallest absolute Gasteiger partial charge is 0.415 e. The number of hydrogen-bond acceptors (Lipinski definition) is 9. The van der Waals surface area contributed by atoms with Crippen LogP contribution in [0.1, 0.15) is 32.0 Å². The van der Waals surface area contributed by atoms with E-state index in [9.17, 15) is 9.59 Å². The van der Waals surface area contributed by atoms with Gasteiger partial charge in [-0.15, -0.1) is 0 Å². The number of carbonyl (C=O) groups excluding carboxylic acids is 2. The molecule has 0 radical (unpaired) electrons. The minimum Gasteiger partial charge on any atom is -0.460 e. The fourth-order valence-electron chi connectivity index (χ4n) is 4.71. The molecule has 0 spiro atoms. The van der Waals surface area contributed by atoms with Crippen LogP contribution < -0.4 is 10.6 Å². The third-order valence-electron chi connectivity index (χ3n) is 6.92. The van der Waals surface area contributed by atoms with E-state index in [4.69, 9.17) is 15.2 Å². The van der Waals surface area contributed by atoms with Crippen LogP contribution in [-0.4, -0.2) is 65.9 Å². The molecule has 1 aromatic carbocycles. The first kappa shape index (κ1) is 24.8. The average Bonchev–Trinajstić information content (AvgIpc) is 3.39. The van der Waals surface area contributed by atoms with Gasteiger partial charge in [-0.2, -0.15) is 15.3 Å². The lowest BCUT2D eigenvalue weighted by Gasteiger charge is -2.19. The maximum absolute atomic E-state index is 15.3. The van der Waals surface area contributed by atoms with Gasteiger partial charge in [-0.3, -0.25) is 14.7 Å². The molecule has 3 aliphatic heterocycles. The molecule has 10 nitrogen and oxygen atoms in total. The minimum atomic E-state index is -0.756. The SMILES string of the molecule is CC1C=NN(C)N=C1c1ccc(-c2cc3c(cc2F)N2C(=O)OC(COC(=O)C(N)C(C)C)C2C3)cn1. The largest absolute Gasteiger partial charge is 0.460 e. The monoisotopic (exact) mass is 508 g/mol. The normalized spacial score (nSPS) is 23.1. The van der Waals surface area contributed by atoms with Crippen LogP contribution in [0.3, 0.4) is 0 Å². The number of hydrazone groups is 2. The van der Waals surface area contributed by atoms with Crippen LogP contribution in [0, 0.1) is 17.7 Å². The third kappa shape index (κ3) is 4.55. The number of aromatic nitrogens is 1.